The topological polar surface area (TPSA) is 25.8 Å². The average Bonchev–Trinajstić information content (AvgIpc) is 2.75. The molecular formula is C30H42N2P2. The van der Waals surface area contributed by atoms with Gasteiger partial charge in [0, 0.05) is 30.9 Å². The van der Waals surface area contributed by atoms with Crippen molar-refractivity contribution in [2.45, 2.75) is 90.4 Å². The van der Waals surface area contributed by atoms with Gasteiger partial charge in [-0.05, 0) is 69.2 Å². The van der Waals surface area contributed by atoms with Crippen LogP contribution in [-0.2, 0) is 17.7 Å². The van der Waals surface area contributed by atoms with E-state index in [1.807, 2.05) is 24.8 Å². The van der Waals surface area contributed by atoms with Gasteiger partial charge in [0.2, 0.25) is 0 Å². The molecule has 0 N–H and O–H groups in total. The lowest BCUT2D eigenvalue weighted by Gasteiger charge is -2.42. The van der Waals surface area contributed by atoms with Gasteiger partial charge < -0.3 is 0 Å². The van der Waals surface area contributed by atoms with Crippen molar-refractivity contribution < 1.29 is 0 Å². The first-order valence-electron chi connectivity index (χ1n) is 12.2. The highest BCUT2D eigenvalue weighted by Gasteiger charge is 2.35. The van der Waals surface area contributed by atoms with E-state index in [0.717, 1.165) is 12.3 Å². The number of rotatable bonds is 6. The molecule has 0 aliphatic rings. The fraction of sp³-hybridized carbons (Fsp3) is 0.467. The zero-order valence-electron chi connectivity index (χ0n) is 22.6. The molecular weight excluding hydrogens is 450 g/mol. The van der Waals surface area contributed by atoms with Gasteiger partial charge in [-0.15, -0.1) is 0 Å². The highest BCUT2D eigenvalue weighted by atomic mass is 31.1. The summed E-state index contributed by atoms with van der Waals surface area (Å²) in [6.45, 7) is 21.5. The molecule has 2 heterocycles. The van der Waals surface area contributed by atoms with Gasteiger partial charge in [-0.1, -0.05) is 101 Å². The van der Waals surface area contributed by atoms with Crippen LogP contribution in [0.1, 0.15) is 79.0 Å². The molecule has 0 saturated heterocycles. The van der Waals surface area contributed by atoms with E-state index in [4.69, 9.17) is 0 Å². The van der Waals surface area contributed by atoms with Gasteiger partial charge in [0.05, 0.1) is 0 Å². The summed E-state index contributed by atoms with van der Waals surface area (Å²) in [7, 11) is -0.815. The van der Waals surface area contributed by atoms with E-state index in [0.29, 0.717) is 10.3 Å². The van der Waals surface area contributed by atoms with E-state index in [2.05, 4.69) is 115 Å². The highest BCUT2D eigenvalue weighted by molar-refractivity contribution is 7.72. The lowest BCUT2D eigenvalue weighted by Crippen LogP contribution is -2.26. The molecule has 0 bridgehead atoms. The van der Waals surface area contributed by atoms with Crippen LogP contribution in [0.15, 0.2) is 67.3 Å². The Bertz CT molecular complexity index is 1010. The van der Waals surface area contributed by atoms with Crippen molar-refractivity contribution >= 4 is 26.5 Å². The smallest absolute Gasteiger partial charge is 0.0348 e. The van der Waals surface area contributed by atoms with E-state index < -0.39 is 7.92 Å². The van der Waals surface area contributed by atoms with Gasteiger partial charge in [0.1, 0.15) is 0 Å². The second-order valence-electron chi connectivity index (χ2n) is 12.2. The van der Waals surface area contributed by atoms with Gasteiger partial charge in [-0.3, -0.25) is 9.97 Å². The Balaban J connectivity index is 2.12. The summed E-state index contributed by atoms with van der Waals surface area (Å²) in [6, 6.07) is 15.9. The minimum atomic E-state index is -0.591. The molecule has 0 aliphatic carbocycles. The first-order valence-corrected chi connectivity index (χ1v) is 15.3. The molecule has 0 atom stereocenters. The minimum absolute atomic E-state index is 0.122. The summed E-state index contributed by atoms with van der Waals surface area (Å²) < 4.78 is 0. The van der Waals surface area contributed by atoms with Gasteiger partial charge in [0.25, 0.3) is 0 Å². The van der Waals surface area contributed by atoms with Crippen LogP contribution >= 0.6 is 15.8 Å². The van der Waals surface area contributed by atoms with Crippen molar-refractivity contribution in [1.82, 2.24) is 9.97 Å². The average molecular weight is 493 g/mol. The molecule has 3 aromatic rings. The standard InChI is InChI=1S/C30H42N2P2/c1-28(2,3)25-15-14-23(22-34(29(4,5)6)30(7,8)9)24(18-25)21-33(26-12-10-16-31-19-26)27-13-11-17-32-20-27/h10-20H,21-22H2,1-9H3. The molecule has 0 radical (unpaired) electrons. The quantitative estimate of drug-likeness (QED) is 0.326. The molecule has 0 unspecified atom stereocenters. The third kappa shape index (κ3) is 6.96. The molecule has 0 fully saturated rings. The Kier molecular flexibility index (Phi) is 8.38. The Labute approximate surface area is 210 Å². The fourth-order valence-electron chi connectivity index (χ4n) is 4.57. The van der Waals surface area contributed by atoms with Crippen LogP contribution in [0.3, 0.4) is 0 Å². The van der Waals surface area contributed by atoms with Crippen LogP contribution in [0.5, 0.6) is 0 Å². The fourth-order valence-corrected chi connectivity index (χ4v) is 10.4. The summed E-state index contributed by atoms with van der Waals surface area (Å²) in [6.07, 6.45) is 10.00. The monoisotopic (exact) mass is 492 g/mol. The third-order valence-corrected chi connectivity index (χ3v) is 12.6. The normalized spacial score (nSPS) is 13.0. The summed E-state index contributed by atoms with van der Waals surface area (Å²) in [5.41, 5.74) is 4.54. The number of aromatic nitrogens is 2. The number of nitrogens with zero attached hydrogens (tertiary/aromatic N) is 2. The van der Waals surface area contributed by atoms with Crippen LogP contribution < -0.4 is 10.6 Å². The summed E-state index contributed by atoms with van der Waals surface area (Å²) in [4.78, 5) is 8.93. The predicted octanol–water partition coefficient (Wildman–Crippen LogP) is 7.99. The van der Waals surface area contributed by atoms with Crippen LogP contribution in [0.4, 0.5) is 0 Å². The molecule has 0 saturated carbocycles. The maximum absolute atomic E-state index is 4.46. The van der Waals surface area contributed by atoms with E-state index in [1.54, 1.807) is 0 Å². The molecule has 182 valence electrons. The molecule has 0 aliphatic heterocycles. The van der Waals surface area contributed by atoms with Gasteiger partial charge >= 0.3 is 0 Å². The molecule has 3 rings (SSSR count). The minimum Gasteiger partial charge on any atom is -0.264 e. The lowest BCUT2D eigenvalue weighted by molar-refractivity contribution is 0.589. The number of pyridine rings is 2. The maximum atomic E-state index is 4.46. The second kappa shape index (κ2) is 10.6. The molecule has 0 amide bonds. The SMILES string of the molecule is CC(C)(C)c1ccc(CP(C(C)(C)C)C(C)(C)C)c(CP(c2cccnc2)c2cccnc2)c1. The maximum Gasteiger partial charge on any atom is 0.0348 e. The second-order valence-corrected chi connectivity index (χ2v) is 18.2. The summed E-state index contributed by atoms with van der Waals surface area (Å²) >= 11 is 0. The molecule has 0 spiro atoms. The lowest BCUT2D eigenvalue weighted by atomic mass is 9.85. The Morgan fingerprint density at radius 2 is 1.18 bits per heavy atom. The largest absolute Gasteiger partial charge is 0.264 e. The van der Waals surface area contributed by atoms with Crippen LogP contribution in [0, 0.1) is 0 Å². The van der Waals surface area contributed by atoms with E-state index in [-0.39, 0.29) is 13.3 Å². The Morgan fingerprint density at radius 3 is 1.59 bits per heavy atom. The summed E-state index contributed by atoms with van der Waals surface area (Å²) in [5.74, 6) is 0. The third-order valence-electron chi connectivity index (χ3n) is 6.26. The first-order chi connectivity index (χ1) is 15.8. The summed E-state index contributed by atoms with van der Waals surface area (Å²) in [5, 5.41) is 3.22. The first kappa shape index (κ1) is 27.0. The van der Waals surface area contributed by atoms with Crippen molar-refractivity contribution in [3.05, 3.63) is 83.9 Å². The molecule has 34 heavy (non-hydrogen) atoms. The molecule has 2 aromatic heterocycles. The zero-order chi connectivity index (χ0) is 25.1. The number of hydrogen-bond donors (Lipinski definition) is 0. The van der Waals surface area contributed by atoms with Gasteiger partial charge in [-0.25, -0.2) is 0 Å². The van der Waals surface area contributed by atoms with Crippen LogP contribution in [0.25, 0.3) is 0 Å². The van der Waals surface area contributed by atoms with E-state index in [1.165, 1.54) is 27.3 Å². The van der Waals surface area contributed by atoms with Crippen molar-refractivity contribution in [3.63, 3.8) is 0 Å². The van der Waals surface area contributed by atoms with Crippen molar-refractivity contribution in [2.75, 3.05) is 0 Å². The van der Waals surface area contributed by atoms with Gasteiger partial charge in [-0.2, -0.15) is 0 Å². The van der Waals surface area contributed by atoms with E-state index >= 15 is 0 Å². The number of hydrogen-bond acceptors (Lipinski definition) is 2. The van der Waals surface area contributed by atoms with Crippen molar-refractivity contribution in [2.24, 2.45) is 0 Å². The molecule has 2 nitrogen and oxygen atoms in total. The predicted molar refractivity (Wildman–Crippen MR) is 154 cm³/mol. The van der Waals surface area contributed by atoms with Crippen LogP contribution in [0.2, 0.25) is 0 Å². The molecule has 4 heteroatoms. The highest BCUT2D eigenvalue weighted by Crippen LogP contribution is 2.61. The number of benzene rings is 1. The van der Waals surface area contributed by atoms with Crippen molar-refractivity contribution in [1.29, 1.82) is 0 Å². The zero-order valence-corrected chi connectivity index (χ0v) is 24.3. The van der Waals surface area contributed by atoms with Crippen molar-refractivity contribution in [3.8, 4) is 0 Å². The van der Waals surface area contributed by atoms with E-state index in [9.17, 15) is 0 Å². The molecule has 1 aromatic carbocycles. The Morgan fingerprint density at radius 1 is 0.647 bits per heavy atom. The van der Waals surface area contributed by atoms with Gasteiger partial charge in [0.15, 0.2) is 0 Å². The Hall–Kier alpha value is -1.62. The van der Waals surface area contributed by atoms with Crippen LogP contribution in [-0.4, -0.2) is 20.3 Å².